The summed E-state index contributed by atoms with van der Waals surface area (Å²) in [7, 11) is 1.42. The van der Waals surface area contributed by atoms with Crippen LogP contribution in [0.2, 0.25) is 0 Å². The van der Waals surface area contributed by atoms with Crippen molar-refractivity contribution in [2.45, 2.75) is 31.3 Å². The summed E-state index contributed by atoms with van der Waals surface area (Å²) in [6.45, 7) is 1.83. The van der Waals surface area contributed by atoms with Crippen molar-refractivity contribution in [3.63, 3.8) is 0 Å². The molecule has 3 heterocycles. The Bertz CT molecular complexity index is 1040. The maximum atomic E-state index is 14.2. The molecule has 1 saturated heterocycles. The van der Waals surface area contributed by atoms with E-state index in [1.165, 1.54) is 13.2 Å². The first kappa shape index (κ1) is 22.4. The van der Waals surface area contributed by atoms with E-state index in [0.717, 1.165) is 16.4 Å². The highest BCUT2D eigenvalue weighted by Crippen LogP contribution is 2.44. The molecule has 0 aliphatic carbocycles. The Morgan fingerprint density at radius 1 is 1.28 bits per heavy atom. The van der Waals surface area contributed by atoms with E-state index in [9.17, 15) is 23.1 Å². The number of β-amino-alcohol motifs (C(OH)–C–C–N with tert-alkyl or cyclic N) is 1. The van der Waals surface area contributed by atoms with Crippen LogP contribution in [0.3, 0.4) is 0 Å². The molecule has 2 aliphatic rings. The summed E-state index contributed by atoms with van der Waals surface area (Å²) in [4.78, 5) is 20.0. The van der Waals surface area contributed by atoms with Gasteiger partial charge in [-0.1, -0.05) is 18.2 Å². The Morgan fingerprint density at radius 2 is 1.97 bits per heavy atom. The number of halogens is 3. The number of hydrogen-bond acceptors (Lipinski definition) is 7. The van der Waals surface area contributed by atoms with Crippen LogP contribution in [0.5, 0.6) is 5.75 Å². The van der Waals surface area contributed by atoms with Crippen molar-refractivity contribution in [1.82, 2.24) is 9.55 Å². The van der Waals surface area contributed by atoms with E-state index in [1.54, 1.807) is 24.3 Å². The molecule has 2 unspecified atom stereocenters. The fourth-order valence-electron chi connectivity index (χ4n) is 4.14. The summed E-state index contributed by atoms with van der Waals surface area (Å²) in [5.74, 6) is 0.542. The predicted octanol–water partition coefficient (Wildman–Crippen LogP) is 1.96. The average molecular weight is 454 g/mol. The largest absolute Gasteiger partial charge is 0.496 e. The minimum Gasteiger partial charge on any atom is -0.496 e. The molecule has 1 fully saturated rings. The Hall–Kier alpha value is -2.79. The lowest BCUT2D eigenvalue weighted by Crippen LogP contribution is -2.57. The molecule has 2 aromatic rings. The van der Waals surface area contributed by atoms with Crippen LogP contribution < -0.4 is 20.1 Å². The van der Waals surface area contributed by atoms with Gasteiger partial charge in [0.2, 0.25) is 5.95 Å². The summed E-state index contributed by atoms with van der Waals surface area (Å²) in [5, 5.41) is 10.9. The summed E-state index contributed by atoms with van der Waals surface area (Å²) in [6, 6.07) is 7.84. The van der Waals surface area contributed by atoms with Crippen LogP contribution in [0.1, 0.15) is 18.6 Å². The molecular formula is C21H25F3N4O4. The average Bonchev–Trinajstić information content (AvgIpc) is 3.07. The van der Waals surface area contributed by atoms with Gasteiger partial charge in [0.15, 0.2) is 5.54 Å². The molecule has 0 radical (unpaired) electrons. The molecule has 1 N–H and O–H groups in total. The summed E-state index contributed by atoms with van der Waals surface area (Å²) < 4.78 is 54.3. The van der Waals surface area contributed by atoms with Gasteiger partial charge in [0, 0.05) is 24.7 Å². The molecule has 11 heteroatoms. The van der Waals surface area contributed by atoms with E-state index in [2.05, 4.69) is 4.98 Å². The second-order valence-electron chi connectivity index (χ2n) is 8.08. The van der Waals surface area contributed by atoms with Crippen LogP contribution in [0.15, 0.2) is 35.1 Å². The molecule has 0 spiro atoms. The Labute approximate surface area is 182 Å². The molecule has 8 nitrogen and oxygen atoms in total. The van der Waals surface area contributed by atoms with Gasteiger partial charge in [-0.25, -0.2) is 0 Å². The van der Waals surface area contributed by atoms with Crippen LogP contribution in [0, 0.1) is 0 Å². The number of aliphatic hydroxyl groups is 1. The standard InChI is InChI=1S/C21H25F3N4O4/c1-20(21(22,23)24)13-27-18(30)11-17(26-7-9-32-10-8-26)25-19(27)28(20)12-15(29)14-5-3-4-6-16(14)31-2/h3-6,11,15,29H,7-10,12-13H2,1-2H3. The zero-order valence-electron chi connectivity index (χ0n) is 17.8. The van der Waals surface area contributed by atoms with Crippen LogP contribution in [0.4, 0.5) is 24.9 Å². The van der Waals surface area contributed by atoms with E-state index in [1.807, 2.05) is 4.90 Å². The SMILES string of the molecule is COc1ccccc1C(O)CN1c2nc(N3CCOCC3)cc(=O)n2CC1(C)C(F)(F)F. The minimum atomic E-state index is -4.67. The third-order valence-electron chi connectivity index (χ3n) is 6.08. The highest BCUT2D eigenvalue weighted by Gasteiger charge is 2.60. The highest BCUT2D eigenvalue weighted by molar-refractivity contribution is 5.50. The first-order valence-corrected chi connectivity index (χ1v) is 10.3. The van der Waals surface area contributed by atoms with Crippen molar-refractivity contribution in [3.05, 3.63) is 46.2 Å². The van der Waals surface area contributed by atoms with Crippen molar-refractivity contribution < 1.29 is 27.8 Å². The third kappa shape index (κ3) is 3.79. The Morgan fingerprint density at radius 3 is 2.62 bits per heavy atom. The second kappa shape index (κ2) is 8.28. The number of aliphatic hydroxyl groups excluding tert-OH is 1. The number of anilines is 2. The van der Waals surface area contributed by atoms with Gasteiger partial charge in [-0.05, 0) is 13.0 Å². The highest BCUT2D eigenvalue weighted by atomic mass is 19.4. The number of para-hydroxylation sites is 1. The number of alkyl halides is 3. The van der Waals surface area contributed by atoms with E-state index >= 15 is 0 Å². The lowest BCUT2D eigenvalue weighted by molar-refractivity contribution is -0.183. The predicted molar refractivity (Wildman–Crippen MR) is 111 cm³/mol. The lowest BCUT2D eigenvalue weighted by Gasteiger charge is -2.38. The molecule has 2 atom stereocenters. The van der Waals surface area contributed by atoms with Crippen molar-refractivity contribution >= 4 is 11.8 Å². The summed E-state index contributed by atoms with van der Waals surface area (Å²) >= 11 is 0. The van der Waals surface area contributed by atoms with Crippen LogP contribution in [-0.2, 0) is 11.3 Å². The molecule has 4 rings (SSSR count). The van der Waals surface area contributed by atoms with E-state index < -0.39 is 36.5 Å². The quantitative estimate of drug-likeness (QED) is 0.740. The van der Waals surface area contributed by atoms with Gasteiger partial charge in [-0.2, -0.15) is 18.2 Å². The molecule has 0 bridgehead atoms. The van der Waals surface area contributed by atoms with Gasteiger partial charge in [0.25, 0.3) is 5.56 Å². The molecule has 0 saturated carbocycles. The van der Waals surface area contributed by atoms with Crippen LogP contribution >= 0.6 is 0 Å². The van der Waals surface area contributed by atoms with Crippen molar-refractivity contribution in [1.29, 1.82) is 0 Å². The number of fused-ring (bicyclic) bond motifs is 1. The molecule has 1 aromatic heterocycles. The first-order valence-electron chi connectivity index (χ1n) is 10.3. The lowest BCUT2D eigenvalue weighted by atomic mass is 9.99. The number of morpholine rings is 1. The van der Waals surface area contributed by atoms with E-state index in [-0.39, 0.29) is 5.95 Å². The van der Waals surface area contributed by atoms with Gasteiger partial charge < -0.3 is 24.4 Å². The number of rotatable bonds is 5. The number of methoxy groups -OCH3 is 1. The number of nitrogens with zero attached hydrogens (tertiary/aromatic N) is 4. The van der Waals surface area contributed by atoms with Crippen molar-refractivity contribution in [3.8, 4) is 5.75 Å². The molecular weight excluding hydrogens is 429 g/mol. The Balaban J connectivity index is 1.76. The van der Waals surface area contributed by atoms with Gasteiger partial charge >= 0.3 is 6.18 Å². The summed E-state index contributed by atoms with van der Waals surface area (Å²) in [6.07, 6.45) is -5.98. The van der Waals surface area contributed by atoms with Gasteiger partial charge in [-0.15, -0.1) is 0 Å². The molecule has 0 amide bonds. The van der Waals surface area contributed by atoms with Crippen molar-refractivity contribution in [2.24, 2.45) is 0 Å². The fourth-order valence-corrected chi connectivity index (χ4v) is 4.14. The van der Waals surface area contributed by atoms with E-state index in [0.29, 0.717) is 43.4 Å². The summed E-state index contributed by atoms with van der Waals surface area (Å²) in [5.41, 5.74) is -2.63. The molecule has 2 aliphatic heterocycles. The van der Waals surface area contributed by atoms with Crippen molar-refractivity contribution in [2.75, 3.05) is 49.8 Å². The monoisotopic (exact) mass is 454 g/mol. The Kier molecular flexibility index (Phi) is 5.80. The van der Waals surface area contributed by atoms with Gasteiger partial charge in [0.05, 0.1) is 33.4 Å². The maximum Gasteiger partial charge on any atom is 0.413 e. The number of hydrogen-bond donors (Lipinski definition) is 1. The van der Waals surface area contributed by atoms with E-state index in [4.69, 9.17) is 9.47 Å². The van der Waals surface area contributed by atoms with Gasteiger partial charge in [-0.3, -0.25) is 9.36 Å². The second-order valence-corrected chi connectivity index (χ2v) is 8.08. The number of benzene rings is 1. The number of ether oxygens (including phenoxy) is 2. The fraction of sp³-hybridized carbons (Fsp3) is 0.524. The smallest absolute Gasteiger partial charge is 0.413 e. The topological polar surface area (TPSA) is 80.1 Å². The molecule has 174 valence electrons. The van der Waals surface area contributed by atoms with Crippen LogP contribution in [-0.4, -0.2) is 66.3 Å². The molecule has 32 heavy (non-hydrogen) atoms. The minimum absolute atomic E-state index is 0.118. The first-order chi connectivity index (χ1) is 15.2. The molecule has 1 aromatic carbocycles. The maximum absolute atomic E-state index is 14.2. The number of aromatic nitrogens is 2. The van der Waals surface area contributed by atoms with Crippen LogP contribution in [0.25, 0.3) is 0 Å². The normalized spacial score (nSPS) is 22.1. The zero-order valence-corrected chi connectivity index (χ0v) is 17.8. The van der Waals surface area contributed by atoms with Gasteiger partial charge in [0.1, 0.15) is 17.7 Å². The third-order valence-corrected chi connectivity index (χ3v) is 6.08. The zero-order chi connectivity index (χ0) is 23.1.